The van der Waals surface area contributed by atoms with Gasteiger partial charge in [-0.2, -0.15) is 0 Å². The van der Waals surface area contributed by atoms with Gasteiger partial charge in [0, 0.05) is 34.8 Å². The molecule has 3 aromatic carbocycles. The number of Topliss-reactive ketones (excluding diaryl/α,β-unsaturated/α-hetero) is 2. The molecule has 0 aliphatic rings. The Bertz CT molecular complexity index is 1890. The summed E-state index contributed by atoms with van der Waals surface area (Å²) in [6, 6.07) is 19.4. The zero-order valence-electron chi connectivity index (χ0n) is 30.2. The summed E-state index contributed by atoms with van der Waals surface area (Å²) in [7, 11) is 0. The van der Waals surface area contributed by atoms with Gasteiger partial charge in [-0.15, -0.1) is 0 Å². The van der Waals surface area contributed by atoms with E-state index in [9.17, 15) is 28.8 Å². The molecule has 1 heterocycles. The van der Waals surface area contributed by atoms with Crippen molar-refractivity contribution in [2.75, 3.05) is 5.32 Å². The fraction of sp³-hybridized carbons (Fsp3) is 0.350. The van der Waals surface area contributed by atoms with Crippen LogP contribution in [0.5, 0.6) is 0 Å². The molecule has 0 saturated carbocycles. The van der Waals surface area contributed by atoms with Gasteiger partial charge in [-0.1, -0.05) is 88.4 Å². The standard InChI is InChI=1S/C40H47N5O7/c1-24(2)18-33(36(47)39(50)42-30-15-11-14-28(20-30)26(5)46)43-38(49)35(21-29-22-41-32-17-10-9-16-31(29)32)44-37(48)34(19-25(3)4)45-40(51)52-23-27-12-7-6-8-13-27/h6-17,20,22,24-25,33-35,41H,18-19,21,23H2,1-5H3,(H,42,50)(H,43,49)(H,44,48)(H,45,51)/t33-,34-,35-/m0/s1. The van der Waals surface area contributed by atoms with Crippen molar-refractivity contribution in [2.45, 2.75) is 78.6 Å². The lowest BCUT2D eigenvalue weighted by atomic mass is 9.97. The molecule has 0 unspecified atom stereocenters. The largest absolute Gasteiger partial charge is 0.445 e. The maximum atomic E-state index is 14.1. The number of anilines is 1. The van der Waals surface area contributed by atoms with Crippen molar-refractivity contribution >= 4 is 52.0 Å². The molecular weight excluding hydrogens is 662 g/mol. The molecule has 5 N–H and O–H groups in total. The minimum Gasteiger partial charge on any atom is -0.445 e. The summed E-state index contributed by atoms with van der Waals surface area (Å²) in [5.41, 5.74) is 2.98. The minimum absolute atomic E-state index is 0.00577. The first-order valence-corrected chi connectivity index (χ1v) is 17.4. The third-order valence-corrected chi connectivity index (χ3v) is 8.35. The molecule has 0 aliphatic heterocycles. The number of ketones is 2. The van der Waals surface area contributed by atoms with Crippen molar-refractivity contribution in [1.29, 1.82) is 0 Å². The number of hydrogen-bond donors (Lipinski definition) is 5. The number of benzene rings is 3. The van der Waals surface area contributed by atoms with Gasteiger partial charge in [0.15, 0.2) is 5.78 Å². The lowest BCUT2D eigenvalue weighted by Gasteiger charge is -2.26. The predicted molar refractivity (Wildman–Crippen MR) is 198 cm³/mol. The average molecular weight is 710 g/mol. The van der Waals surface area contributed by atoms with Gasteiger partial charge >= 0.3 is 6.09 Å². The van der Waals surface area contributed by atoms with Gasteiger partial charge in [-0.3, -0.25) is 24.0 Å². The molecule has 12 heteroatoms. The summed E-state index contributed by atoms with van der Waals surface area (Å²) >= 11 is 0. The van der Waals surface area contributed by atoms with Crippen LogP contribution in [0.15, 0.2) is 85.1 Å². The Kier molecular flexibility index (Phi) is 13.8. The first-order valence-electron chi connectivity index (χ1n) is 17.4. The summed E-state index contributed by atoms with van der Waals surface area (Å²) in [5, 5.41) is 11.6. The van der Waals surface area contributed by atoms with Gasteiger partial charge in [0.2, 0.25) is 17.6 Å². The van der Waals surface area contributed by atoms with Crippen molar-refractivity contribution in [2.24, 2.45) is 11.8 Å². The maximum absolute atomic E-state index is 14.1. The third kappa shape index (κ3) is 11.4. The number of aromatic amines is 1. The van der Waals surface area contributed by atoms with Gasteiger partial charge in [0.1, 0.15) is 18.7 Å². The maximum Gasteiger partial charge on any atom is 0.408 e. The molecule has 0 saturated heterocycles. The second-order valence-electron chi connectivity index (χ2n) is 13.7. The molecule has 274 valence electrons. The number of para-hydroxylation sites is 1. The number of carbonyl (C=O) groups is 6. The summed E-state index contributed by atoms with van der Waals surface area (Å²) in [6.07, 6.45) is 1.41. The summed E-state index contributed by atoms with van der Waals surface area (Å²) in [6.45, 7) is 8.91. The lowest BCUT2D eigenvalue weighted by Crippen LogP contribution is -2.57. The van der Waals surface area contributed by atoms with E-state index in [1.807, 2.05) is 82.3 Å². The van der Waals surface area contributed by atoms with E-state index in [1.54, 1.807) is 24.4 Å². The lowest BCUT2D eigenvalue weighted by molar-refractivity contribution is -0.138. The summed E-state index contributed by atoms with van der Waals surface area (Å²) in [4.78, 5) is 82.5. The minimum atomic E-state index is -1.22. The van der Waals surface area contributed by atoms with Crippen molar-refractivity contribution in [3.63, 3.8) is 0 Å². The SMILES string of the molecule is CC(=O)c1cccc(NC(=O)C(=O)[C@H](CC(C)C)NC(=O)[C@H](Cc2c[nH]c3ccccc23)NC(=O)[C@H](CC(C)C)NC(=O)OCc2ccccc2)c1. The van der Waals surface area contributed by atoms with Crippen LogP contribution in [0.4, 0.5) is 10.5 Å². The molecule has 0 aliphatic carbocycles. The van der Waals surface area contributed by atoms with E-state index >= 15 is 0 Å². The fourth-order valence-corrected chi connectivity index (χ4v) is 5.75. The number of nitrogens with one attached hydrogen (secondary N) is 5. The molecule has 52 heavy (non-hydrogen) atoms. The van der Waals surface area contributed by atoms with Crippen LogP contribution in [0.25, 0.3) is 10.9 Å². The number of rotatable bonds is 17. The molecule has 0 radical (unpaired) electrons. The molecule has 1 aromatic heterocycles. The van der Waals surface area contributed by atoms with E-state index in [-0.39, 0.29) is 49.2 Å². The number of alkyl carbamates (subject to hydrolysis) is 1. The molecule has 12 nitrogen and oxygen atoms in total. The van der Waals surface area contributed by atoms with Crippen LogP contribution >= 0.6 is 0 Å². The topological polar surface area (TPSA) is 176 Å². The first-order chi connectivity index (χ1) is 24.8. The van der Waals surface area contributed by atoms with Crippen LogP contribution in [0, 0.1) is 11.8 Å². The monoisotopic (exact) mass is 709 g/mol. The number of H-pyrrole nitrogens is 1. The van der Waals surface area contributed by atoms with E-state index in [0.29, 0.717) is 5.56 Å². The van der Waals surface area contributed by atoms with Gasteiger partial charge in [-0.05, 0) is 60.9 Å². The number of ether oxygens (including phenoxy) is 1. The Hall–Kier alpha value is -5.78. The third-order valence-electron chi connectivity index (χ3n) is 8.35. The quantitative estimate of drug-likeness (QED) is 0.0713. The predicted octanol–water partition coefficient (Wildman–Crippen LogP) is 5.48. The van der Waals surface area contributed by atoms with Crippen molar-refractivity contribution in [3.05, 3.63) is 102 Å². The Morgan fingerprint density at radius 3 is 2.04 bits per heavy atom. The van der Waals surface area contributed by atoms with Gasteiger partial charge in [0.25, 0.3) is 5.91 Å². The molecule has 3 atom stereocenters. The van der Waals surface area contributed by atoms with Crippen LogP contribution < -0.4 is 21.3 Å². The van der Waals surface area contributed by atoms with E-state index in [2.05, 4.69) is 26.3 Å². The Morgan fingerprint density at radius 1 is 0.712 bits per heavy atom. The highest BCUT2D eigenvalue weighted by Gasteiger charge is 2.33. The molecular formula is C40H47N5O7. The van der Waals surface area contributed by atoms with E-state index < -0.39 is 47.7 Å². The van der Waals surface area contributed by atoms with Gasteiger partial charge < -0.3 is 31.0 Å². The van der Waals surface area contributed by atoms with Crippen LogP contribution in [0.3, 0.4) is 0 Å². The zero-order chi connectivity index (χ0) is 37.8. The molecule has 4 rings (SSSR count). The Labute approximate surface area is 303 Å². The van der Waals surface area contributed by atoms with Gasteiger partial charge in [-0.25, -0.2) is 4.79 Å². The van der Waals surface area contributed by atoms with Crippen LogP contribution in [-0.4, -0.2) is 58.5 Å². The second kappa shape index (κ2) is 18.5. The van der Waals surface area contributed by atoms with Crippen molar-refractivity contribution in [3.8, 4) is 0 Å². The highest BCUT2D eigenvalue weighted by atomic mass is 16.5. The highest BCUT2D eigenvalue weighted by Crippen LogP contribution is 2.20. The number of amides is 4. The van der Waals surface area contributed by atoms with E-state index in [1.165, 1.54) is 13.0 Å². The normalized spacial score (nSPS) is 12.8. The number of carbonyl (C=O) groups excluding carboxylic acids is 6. The molecule has 4 amide bonds. The summed E-state index contributed by atoms with van der Waals surface area (Å²) < 4.78 is 5.37. The van der Waals surface area contributed by atoms with Crippen molar-refractivity contribution < 1.29 is 33.5 Å². The highest BCUT2D eigenvalue weighted by molar-refractivity contribution is 6.42. The first kappa shape index (κ1) is 39.0. The number of fused-ring (bicyclic) bond motifs is 1. The van der Waals surface area contributed by atoms with Gasteiger partial charge in [0.05, 0.1) is 6.04 Å². The van der Waals surface area contributed by atoms with Crippen molar-refractivity contribution in [1.82, 2.24) is 20.9 Å². The van der Waals surface area contributed by atoms with Crippen LogP contribution in [0.1, 0.15) is 68.9 Å². The Morgan fingerprint density at radius 2 is 1.35 bits per heavy atom. The molecule has 4 aromatic rings. The Balaban J connectivity index is 1.55. The average Bonchev–Trinajstić information content (AvgIpc) is 3.52. The smallest absolute Gasteiger partial charge is 0.408 e. The van der Waals surface area contributed by atoms with E-state index in [4.69, 9.17) is 4.74 Å². The van der Waals surface area contributed by atoms with Crippen LogP contribution in [-0.2, 0) is 36.9 Å². The van der Waals surface area contributed by atoms with E-state index in [0.717, 1.165) is 22.0 Å². The number of aromatic nitrogens is 1. The number of hydrogen-bond acceptors (Lipinski definition) is 7. The summed E-state index contributed by atoms with van der Waals surface area (Å²) in [5.74, 6) is -3.43. The second-order valence-corrected chi connectivity index (χ2v) is 13.7. The molecule has 0 spiro atoms. The van der Waals surface area contributed by atoms with Crippen LogP contribution in [0.2, 0.25) is 0 Å². The molecule has 0 fully saturated rings. The fourth-order valence-electron chi connectivity index (χ4n) is 5.75. The zero-order valence-corrected chi connectivity index (χ0v) is 30.2. The molecule has 0 bridgehead atoms.